The summed E-state index contributed by atoms with van der Waals surface area (Å²) >= 11 is 1.04. The van der Waals surface area contributed by atoms with Gasteiger partial charge >= 0.3 is 5.97 Å². The van der Waals surface area contributed by atoms with Crippen molar-refractivity contribution in [1.29, 1.82) is 0 Å². The number of ether oxygens (including phenoxy) is 1. The molecule has 0 aromatic heterocycles. The molecule has 0 heterocycles. The SMILES string of the molecule is CCCCCCCSC(F)C(=O)OCC. The summed E-state index contributed by atoms with van der Waals surface area (Å²) in [6.45, 7) is 4.09. The second kappa shape index (κ2) is 10.3. The summed E-state index contributed by atoms with van der Waals surface area (Å²) in [6, 6.07) is 0. The van der Waals surface area contributed by atoms with Gasteiger partial charge in [-0.25, -0.2) is 9.18 Å². The van der Waals surface area contributed by atoms with Crippen LogP contribution in [0.15, 0.2) is 0 Å². The molecular weight excluding hydrogens is 215 g/mol. The van der Waals surface area contributed by atoms with Gasteiger partial charge in [0, 0.05) is 0 Å². The van der Waals surface area contributed by atoms with Gasteiger partial charge in [-0.1, -0.05) is 32.6 Å². The maximum absolute atomic E-state index is 13.0. The number of thioether (sulfide) groups is 1. The van der Waals surface area contributed by atoms with Crippen LogP contribution in [-0.4, -0.2) is 23.8 Å². The molecule has 0 fully saturated rings. The van der Waals surface area contributed by atoms with Gasteiger partial charge in [0.15, 0.2) is 0 Å². The summed E-state index contributed by atoms with van der Waals surface area (Å²) in [5.41, 5.74) is -1.50. The van der Waals surface area contributed by atoms with Crippen LogP contribution in [0, 0.1) is 0 Å². The summed E-state index contributed by atoms with van der Waals surface area (Å²) in [4.78, 5) is 10.9. The molecular formula is C11H21FO2S. The lowest BCUT2D eigenvalue weighted by atomic mass is 10.2. The monoisotopic (exact) mass is 236 g/mol. The molecule has 0 saturated carbocycles. The van der Waals surface area contributed by atoms with E-state index in [2.05, 4.69) is 11.7 Å². The summed E-state index contributed by atoms with van der Waals surface area (Å²) in [6.07, 6.45) is 5.75. The third kappa shape index (κ3) is 8.73. The molecule has 90 valence electrons. The second-order valence-electron chi connectivity index (χ2n) is 3.35. The van der Waals surface area contributed by atoms with Crippen molar-refractivity contribution in [3.63, 3.8) is 0 Å². The number of halogens is 1. The van der Waals surface area contributed by atoms with E-state index in [1.54, 1.807) is 6.92 Å². The van der Waals surface area contributed by atoms with E-state index in [-0.39, 0.29) is 6.61 Å². The predicted octanol–water partition coefficient (Wildman–Crippen LogP) is 3.55. The van der Waals surface area contributed by atoms with Gasteiger partial charge in [0.25, 0.3) is 0 Å². The van der Waals surface area contributed by atoms with Crippen LogP contribution >= 0.6 is 11.8 Å². The second-order valence-corrected chi connectivity index (χ2v) is 4.51. The Kier molecular flexibility index (Phi) is 10.1. The van der Waals surface area contributed by atoms with Crippen molar-refractivity contribution < 1.29 is 13.9 Å². The molecule has 1 atom stereocenters. The third-order valence-corrected chi connectivity index (χ3v) is 2.99. The van der Waals surface area contributed by atoms with Crippen molar-refractivity contribution in [2.45, 2.75) is 51.5 Å². The predicted molar refractivity (Wildman–Crippen MR) is 62.7 cm³/mol. The van der Waals surface area contributed by atoms with E-state index in [9.17, 15) is 9.18 Å². The fraction of sp³-hybridized carbons (Fsp3) is 0.909. The van der Waals surface area contributed by atoms with Crippen molar-refractivity contribution in [3.05, 3.63) is 0 Å². The lowest BCUT2D eigenvalue weighted by Gasteiger charge is -2.06. The molecule has 15 heavy (non-hydrogen) atoms. The summed E-state index contributed by atoms with van der Waals surface area (Å²) < 4.78 is 17.6. The van der Waals surface area contributed by atoms with Gasteiger partial charge in [0.05, 0.1) is 6.61 Å². The van der Waals surface area contributed by atoms with Crippen molar-refractivity contribution in [3.8, 4) is 0 Å². The fourth-order valence-electron chi connectivity index (χ4n) is 1.17. The van der Waals surface area contributed by atoms with Crippen LogP contribution in [0.2, 0.25) is 0 Å². The van der Waals surface area contributed by atoms with E-state index in [1.807, 2.05) is 0 Å². The molecule has 0 saturated heterocycles. The van der Waals surface area contributed by atoms with E-state index in [0.29, 0.717) is 5.75 Å². The molecule has 0 spiro atoms. The summed E-state index contributed by atoms with van der Waals surface area (Å²) in [5, 5.41) is 0. The van der Waals surface area contributed by atoms with Gasteiger partial charge in [-0.15, -0.1) is 11.8 Å². The molecule has 1 unspecified atom stereocenters. The average Bonchev–Trinajstić information content (AvgIpc) is 2.23. The highest BCUT2D eigenvalue weighted by atomic mass is 32.2. The van der Waals surface area contributed by atoms with Crippen molar-refractivity contribution in [2.24, 2.45) is 0 Å². The number of hydrogen-bond acceptors (Lipinski definition) is 3. The zero-order chi connectivity index (χ0) is 11.5. The minimum Gasteiger partial charge on any atom is -0.463 e. The van der Waals surface area contributed by atoms with E-state index in [1.165, 1.54) is 19.3 Å². The number of carbonyl (C=O) groups excluding carboxylic acids is 1. The molecule has 0 radical (unpaired) electrons. The van der Waals surface area contributed by atoms with Crippen LogP contribution in [-0.2, 0) is 9.53 Å². The van der Waals surface area contributed by atoms with Gasteiger partial charge in [-0.05, 0) is 19.1 Å². The molecule has 0 aromatic rings. The molecule has 2 nitrogen and oxygen atoms in total. The minimum absolute atomic E-state index is 0.246. The molecule has 0 aliphatic rings. The van der Waals surface area contributed by atoms with Crippen LogP contribution < -0.4 is 0 Å². The molecule has 0 aliphatic heterocycles. The van der Waals surface area contributed by atoms with E-state index in [4.69, 9.17) is 0 Å². The zero-order valence-corrected chi connectivity index (χ0v) is 10.4. The highest BCUT2D eigenvalue weighted by Gasteiger charge is 2.17. The van der Waals surface area contributed by atoms with Gasteiger partial charge in [-0.2, -0.15) is 0 Å². The molecule has 0 bridgehead atoms. The topological polar surface area (TPSA) is 26.3 Å². The van der Waals surface area contributed by atoms with E-state index >= 15 is 0 Å². The first kappa shape index (κ1) is 14.8. The van der Waals surface area contributed by atoms with Crippen molar-refractivity contribution in [1.82, 2.24) is 0 Å². The number of rotatable bonds is 9. The van der Waals surface area contributed by atoms with Gasteiger partial charge < -0.3 is 4.74 Å². The lowest BCUT2D eigenvalue weighted by molar-refractivity contribution is -0.145. The smallest absolute Gasteiger partial charge is 0.351 e. The molecule has 0 rings (SSSR count). The zero-order valence-electron chi connectivity index (χ0n) is 9.63. The number of esters is 1. The first-order chi connectivity index (χ1) is 7.22. The van der Waals surface area contributed by atoms with Gasteiger partial charge in [0.2, 0.25) is 5.50 Å². The summed E-state index contributed by atoms with van der Waals surface area (Å²) in [7, 11) is 0. The largest absolute Gasteiger partial charge is 0.463 e. The van der Waals surface area contributed by atoms with Crippen LogP contribution in [0.25, 0.3) is 0 Å². The Hall–Kier alpha value is -0.250. The van der Waals surface area contributed by atoms with E-state index in [0.717, 1.165) is 24.6 Å². The Bertz CT molecular complexity index is 165. The number of hydrogen-bond donors (Lipinski definition) is 0. The Morgan fingerprint density at radius 2 is 1.93 bits per heavy atom. The molecule has 0 aromatic carbocycles. The maximum atomic E-state index is 13.0. The Morgan fingerprint density at radius 1 is 1.27 bits per heavy atom. The number of alkyl halides is 1. The molecule has 0 N–H and O–H groups in total. The molecule has 0 amide bonds. The van der Waals surface area contributed by atoms with Crippen LogP contribution in [0.3, 0.4) is 0 Å². The number of carbonyl (C=O) groups is 1. The van der Waals surface area contributed by atoms with E-state index < -0.39 is 11.5 Å². The average molecular weight is 236 g/mol. The van der Waals surface area contributed by atoms with Gasteiger partial charge in [-0.3, -0.25) is 0 Å². The normalized spacial score (nSPS) is 12.5. The van der Waals surface area contributed by atoms with Gasteiger partial charge in [0.1, 0.15) is 0 Å². The highest BCUT2D eigenvalue weighted by molar-refractivity contribution is 8.00. The van der Waals surface area contributed by atoms with Crippen molar-refractivity contribution >= 4 is 17.7 Å². The quantitative estimate of drug-likeness (QED) is 0.452. The fourth-order valence-corrected chi connectivity index (χ4v) is 1.95. The minimum atomic E-state index is -1.50. The van der Waals surface area contributed by atoms with Crippen molar-refractivity contribution in [2.75, 3.05) is 12.4 Å². The van der Waals surface area contributed by atoms with Crippen LogP contribution in [0.1, 0.15) is 46.0 Å². The van der Waals surface area contributed by atoms with Crippen LogP contribution in [0.5, 0.6) is 0 Å². The first-order valence-corrected chi connectivity index (χ1v) is 6.69. The van der Waals surface area contributed by atoms with Crippen LogP contribution in [0.4, 0.5) is 4.39 Å². The highest BCUT2D eigenvalue weighted by Crippen LogP contribution is 2.16. The Morgan fingerprint density at radius 3 is 2.53 bits per heavy atom. The standard InChI is InChI=1S/C11H21FO2S/c1-3-5-6-7-8-9-15-10(12)11(13)14-4-2/h10H,3-9H2,1-2H3. The Balaban J connectivity index is 3.30. The Labute approximate surface area is 96.0 Å². The summed E-state index contributed by atoms with van der Waals surface area (Å²) in [5.74, 6) is -0.0417. The maximum Gasteiger partial charge on any atom is 0.351 e. The number of unbranched alkanes of at least 4 members (excludes halogenated alkanes) is 4. The third-order valence-electron chi connectivity index (χ3n) is 1.98. The molecule has 0 aliphatic carbocycles. The first-order valence-electron chi connectivity index (χ1n) is 5.64. The molecule has 4 heteroatoms. The lowest BCUT2D eigenvalue weighted by Crippen LogP contribution is -2.15.